The zero-order valence-electron chi connectivity index (χ0n) is 11.3. The zero-order valence-corrected chi connectivity index (χ0v) is 12.1. The van der Waals surface area contributed by atoms with Gasteiger partial charge in [-0.25, -0.2) is 4.99 Å². The number of amides is 1. The Morgan fingerprint density at radius 1 is 1.19 bits per heavy atom. The molecule has 4 rings (SSSR count). The first kappa shape index (κ1) is 12.4. The van der Waals surface area contributed by atoms with Crippen LogP contribution in [0, 0.1) is 0 Å². The summed E-state index contributed by atoms with van der Waals surface area (Å²) >= 11 is 6.14. The second-order valence-electron chi connectivity index (χ2n) is 5.13. The van der Waals surface area contributed by atoms with Crippen LogP contribution in [0.2, 0.25) is 5.02 Å². The monoisotopic (exact) mass is 297 g/mol. The summed E-state index contributed by atoms with van der Waals surface area (Å²) in [5.41, 5.74) is 4.42. The first-order valence-electron chi connectivity index (χ1n) is 6.66. The van der Waals surface area contributed by atoms with Gasteiger partial charge in [0, 0.05) is 28.9 Å². The van der Waals surface area contributed by atoms with Crippen LogP contribution in [-0.4, -0.2) is 24.8 Å². The van der Waals surface area contributed by atoms with E-state index in [9.17, 15) is 4.79 Å². The fourth-order valence-electron chi connectivity index (χ4n) is 2.82. The number of para-hydroxylation sites is 1. The standard InChI is InChI=1S/C16H12ClN3O/c1-20-13-7-6-9(17)8-11(13)14-10-4-2-3-5-12(10)18-15(19-14)16(20)21/h2-8,15,18H,1H3. The lowest BCUT2D eigenvalue weighted by Crippen LogP contribution is -2.40. The van der Waals surface area contributed by atoms with Gasteiger partial charge in [0.1, 0.15) is 0 Å². The Labute approximate surface area is 127 Å². The number of nitrogens with zero attached hydrogens (tertiary/aromatic N) is 2. The number of nitrogens with one attached hydrogen (secondary N) is 1. The number of fused-ring (bicyclic) bond motifs is 5. The van der Waals surface area contributed by atoms with Gasteiger partial charge in [-0.05, 0) is 24.3 Å². The third-order valence-electron chi connectivity index (χ3n) is 3.87. The quantitative estimate of drug-likeness (QED) is 0.812. The van der Waals surface area contributed by atoms with Gasteiger partial charge in [0.2, 0.25) is 0 Å². The molecule has 0 saturated heterocycles. The number of hydrogen-bond acceptors (Lipinski definition) is 3. The van der Waals surface area contributed by atoms with E-state index in [2.05, 4.69) is 10.3 Å². The van der Waals surface area contributed by atoms with Crippen LogP contribution in [0.5, 0.6) is 0 Å². The molecule has 104 valence electrons. The number of hydrogen-bond donors (Lipinski definition) is 1. The lowest BCUT2D eigenvalue weighted by molar-refractivity contribution is -0.118. The van der Waals surface area contributed by atoms with Gasteiger partial charge >= 0.3 is 0 Å². The average molecular weight is 298 g/mol. The fourth-order valence-corrected chi connectivity index (χ4v) is 2.99. The van der Waals surface area contributed by atoms with Gasteiger partial charge in [0.15, 0.2) is 6.17 Å². The molecule has 0 saturated carbocycles. The van der Waals surface area contributed by atoms with E-state index in [0.717, 1.165) is 28.2 Å². The maximum absolute atomic E-state index is 12.5. The van der Waals surface area contributed by atoms with E-state index in [0.29, 0.717) is 5.02 Å². The number of anilines is 2. The van der Waals surface area contributed by atoms with Crippen molar-refractivity contribution in [2.45, 2.75) is 6.17 Å². The molecule has 0 fully saturated rings. The molecule has 0 aliphatic carbocycles. The van der Waals surface area contributed by atoms with Crippen molar-refractivity contribution in [3.8, 4) is 0 Å². The molecule has 4 nitrogen and oxygen atoms in total. The topological polar surface area (TPSA) is 44.7 Å². The van der Waals surface area contributed by atoms with E-state index in [1.54, 1.807) is 18.0 Å². The van der Waals surface area contributed by atoms with Crippen molar-refractivity contribution in [2.24, 2.45) is 4.99 Å². The van der Waals surface area contributed by atoms with Gasteiger partial charge in [-0.1, -0.05) is 29.8 Å². The van der Waals surface area contributed by atoms with E-state index in [1.165, 1.54) is 0 Å². The van der Waals surface area contributed by atoms with Crippen molar-refractivity contribution in [1.82, 2.24) is 0 Å². The predicted octanol–water partition coefficient (Wildman–Crippen LogP) is 2.91. The van der Waals surface area contributed by atoms with Crippen LogP contribution in [0.4, 0.5) is 11.4 Å². The van der Waals surface area contributed by atoms with Crippen LogP contribution in [0.25, 0.3) is 0 Å². The highest BCUT2D eigenvalue weighted by Gasteiger charge is 2.34. The van der Waals surface area contributed by atoms with Crippen LogP contribution >= 0.6 is 11.6 Å². The molecule has 5 heteroatoms. The first-order chi connectivity index (χ1) is 10.1. The molecule has 1 amide bonds. The van der Waals surface area contributed by atoms with Crippen molar-refractivity contribution in [3.63, 3.8) is 0 Å². The molecular formula is C16H12ClN3O. The molecule has 1 unspecified atom stereocenters. The molecular weight excluding hydrogens is 286 g/mol. The van der Waals surface area contributed by atoms with Gasteiger partial charge in [-0.15, -0.1) is 0 Å². The van der Waals surface area contributed by atoms with Gasteiger partial charge in [-0.2, -0.15) is 0 Å². The summed E-state index contributed by atoms with van der Waals surface area (Å²) in [4.78, 5) is 18.8. The first-order valence-corrected chi connectivity index (χ1v) is 7.04. The van der Waals surface area contributed by atoms with Crippen LogP contribution < -0.4 is 10.2 Å². The Hall–Kier alpha value is -2.33. The molecule has 2 heterocycles. The Balaban J connectivity index is 2.04. The molecule has 2 bridgehead atoms. The Morgan fingerprint density at radius 2 is 2.00 bits per heavy atom. The van der Waals surface area contributed by atoms with E-state index in [-0.39, 0.29) is 5.91 Å². The number of likely N-dealkylation sites (N-methyl/N-ethyl adjacent to an activating group) is 1. The second-order valence-corrected chi connectivity index (χ2v) is 5.57. The van der Waals surface area contributed by atoms with Gasteiger partial charge in [0.05, 0.1) is 11.4 Å². The molecule has 0 spiro atoms. The highest BCUT2D eigenvalue weighted by Crippen LogP contribution is 2.34. The van der Waals surface area contributed by atoms with Gasteiger partial charge < -0.3 is 10.2 Å². The minimum atomic E-state index is -0.592. The fraction of sp³-hybridized carbons (Fsp3) is 0.125. The maximum atomic E-state index is 12.5. The molecule has 21 heavy (non-hydrogen) atoms. The van der Waals surface area contributed by atoms with Crippen LogP contribution in [0.1, 0.15) is 11.1 Å². The summed E-state index contributed by atoms with van der Waals surface area (Å²) in [6, 6.07) is 13.4. The predicted molar refractivity (Wildman–Crippen MR) is 84.4 cm³/mol. The number of halogens is 1. The van der Waals surface area contributed by atoms with Crippen molar-refractivity contribution in [2.75, 3.05) is 17.3 Å². The van der Waals surface area contributed by atoms with Crippen LogP contribution in [0.3, 0.4) is 0 Å². The van der Waals surface area contributed by atoms with Crippen LogP contribution in [-0.2, 0) is 4.79 Å². The van der Waals surface area contributed by atoms with Gasteiger partial charge in [0.25, 0.3) is 5.91 Å². The van der Waals surface area contributed by atoms with E-state index in [1.807, 2.05) is 36.4 Å². The van der Waals surface area contributed by atoms with E-state index < -0.39 is 6.17 Å². The number of carbonyl (C=O) groups excluding carboxylic acids is 1. The van der Waals surface area contributed by atoms with Crippen molar-refractivity contribution in [3.05, 3.63) is 58.6 Å². The van der Waals surface area contributed by atoms with Crippen molar-refractivity contribution < 1.29 is 4.79 Å². The summed E-state index contributed by atoms with van der Waals surface area (Å²) in [5, 5.41) is 3.82. The normalized spacial score (nSPS) is 19.1. The summed E-state index contributed by atoms with van der Waals surface area (Å²) in [7, 11) is 1.76. The third kappa shape index (κ3) is 1.76. The average Bonchev–Trinajstić information content (AvgIpc) is 2.58. The molecule has 0 aromatic heterocycles. The number of carbonyl (C=O) groups is 1. The lowest BCUT2D eigenvalue weighted by Gasteiger charge is -2.23. The van der Waals surface area contributed by atoms with Crippen molar-refractivity contribution >= 4 is 34.6 Å². The largest absolute Gasteiger partial charge is 0.356 e. The van der Waals surface area contributed by atoms with E-state index >= 15 is 0 Å². The molecule has 1 N–H and O–H groups in total. The highest BCUT2D eigenvalue weighted by molar-refractivity contribution is 6.32. The van der Waals surface area contributed by atoms with E-state index in [4.69, 9.17) is 11.6 Å². The Morgan fingerprint density at radius 3 is 2.86 bits per heavy atom. The molecule has 2 aromatic carbocycles. The number of rotatable bonds is 0. The van der Waals surface area contributed by atoms with Crippen LogP contribution in [0.15, 0.2) is 47.5 Å². The Kier molecular flexibility index (Phi) is 2.56. The molecule has 0 radical (unpaired) electrons. The minimum absolute atomic E-state index is 0.0805. The summed E-state index contributed by atoms with van der Waals surface area (Å²) in [6.45, 7) is 0. The summed E-state index contributed by atoms with van der Waals surface area (Å²) in [6.07, 6.45) is -0.592. The second kappa shape index (κ2) is 4.33. The summed E-state index contributed by atoms with van der Waals surface area (Å²) in [5.74, 6) is -0.0805. The molecule has 2 aliphatic rings. The maximum Gasteiger partial charge on any atom is 0.271 e. The number of benzene rings is 2. The summed E-state index contributed by atoms with van der Waals surface area (Å²) < 4.78 is 0. The zero-order chi connectivity index (χ0) is 14.6. The molecule has 2 aliphatic heterocycles. The lowest BCUT2D eigenvalue weighted by atomic mass is 9.98. The number of aliphatic imine (C=N–C) groups is 1. The molecule has 2 aromatic rings. The third-order valence-corrected chi connectivity index (χ3v) is 4.11. The van der Waals surface area contributed by atoms with Gasteiger partial charge in [-0.3, -0.25) is 4.79 Å². The Bertz CT molecular complexity index is 800. The van der Waals surface area contributed by atoms with Crippen molar-refractivity contribution in [1.29, 1.82) is 0 Å². The smallest absolute Gasteiger partial charge is 0.271 e. The minimum Gasteiger partial charge on any atom is -0.356 e. The SMILES string of the molecule is CN1C(=O)C2N=C(c3ccccc3N2)c2cc(Cl)ccc21. The molecule has 1 atom stereocenters. The highest BCUT2D eigenvalue weighted by atomic mass is 35.5.